The molecular formula is C19H21ClN4O2. The van der Waals surface area contributed by atoms with Gasteiger partial charge in [0, 0.05) is 32.0 Å². The molecule has 0 aliphatic heterocycles. The summed E-state index contributed by atoms with van der Waals surface area (Å²) in [7, 11) is 1.88. The zero-order valence-corrected chi connectivity index (χ0v) is 15.3. The predicted octanol–water partition coefficient (Wildman–Crippen LogP) is 3.18. The van der Waals surface area contributed by atoms with Gasteiger partial charge in [-0.05, 0) is 37.5 Å². The van der Waals surface area contributed by atoms with Crippen LogP contribution in [0.15, 0.2) is 36.5 Å². The quantitative estimate of drug-likeness (QED) is 0.624. The molecule has 0 radical (unpaired) electrons. The average Bonchev–Trinajstić information content (AvgIpc) is 2.98. The van der Waals surface area contributed by atoms with Crippen LogP contribution in [0.4, 0.5) is 0 Å². The van der Waals surface area contributed by atoms with Crippen LogP contribution in [-0.2, 0) is 7.05 Å². The summed E-state index contributed by atoms with van der Waals surface area (Å²) in [5.41, 5.74) is 2.64. The molecule has 0 aliphatic carbocycles. The number of aromatic nitrogens is 3. The van der Waals surface area contributed by atoms with E-state index in [1.807, 2.05) is 35.9 Å². The van der Waals surface area contributed by atoms with Crippen molar-refractivity contribution >= 4 is 28.7 Å². The second-order valence-corrected chi connectivity index (χ2v) is 6.49. The Bertz CT molecular complexity index is 923. The van der Waals surface area contributed by atoms with E-state index in [2.05, 4.69) is 15.3 Å². The number of nitrogens with zero attached hydrogens (tertiary/aromatic N) is 3. The Morgan fingerprint density at radius 3 is 2.85 bits per heavy atom. The summed E-state index contributed by atoms with van der Waals surface area (Å²) >= 11 is 6.28. The van der Waals surface area contributed by atoms with Gasteiger partial charge >= 0.3 is 0 Å². The molecule has 3 rings (SSSR count). The summed E-state index contributed by atoms with van der Waals surface area (Å²) in [6.45, 7) is 0.756. The third kappa shape index (κ3) is 3.86. The van der Waals surface area contributed by atoms with Crippen molar-refractivity contribution in [2.75, 3.05) is 13.2 Å². The van der Waals surface area contributed by atoms with Gasteiger partial charge in [0.25, 0.3) is 5.91 Å². The Morgan fingerprint density at radius 2 is 2.08 bits per heavy atom. The maximum Gasteiger partial charge on any atom is 0.252 e. The predicted molar refractivity (Wildman–Crippen MR) is 102 cm³/mol. The molecule has 0 aliphatic rings. The molecule has 0 saturated carbocycles. The van der Waals surface area contributed by atoms with E-state index in [1.165, 1.54) is 0 Å². The van der Waals surface area contributed by atoms with Crippen molar-refractivity contribution in [2.45, 2.75) is 19.3 Å². The molecule has 2 N–H and O–H groups in total. The van der Waals surface area contributed by atoms with Crippen molar-refractivity contribution in [1.82, 2.24) is 19.9 Å². The lowest BCUT2D eigenvalue weighted by Gasteiger charge is -2.05. The number of nitrogens with one attached hydrogen (secondary N) is 1. The van der Waals surface area contributed by atoms with Crippen LogP contribution in [0.2, 0.25) is 5.02 Å². The van der Waals surface area contributed by atoms with E-state index in [1.54, 1.807) is 12.3 Å². The minimum atomic E-state index is -0.173. The van der Waals surface area contributed by atoms with Crippen LogP contribution in [-0.4, -0.2) is 38.7 Å². The first-order chi connectivity index (χ1) is 12.6. The molecule has 6 nitrogen and oxygen atoms in total. The Labute approximate surface area is 156 Å². The highest BCUT2D eigenvalue weighted by Gasteiger charge is 2.15. The topological polar surface area (TPSA) is 80.0 Å². The molecule has 0 saturated heterocycles. The number of aliphatic hydroxyl groups excluding tert-OH is 1. The van der Waals surface area contributed by atoms with Gasteiger partial charge in [-0.15, -0.1) is 0 Å². The van der Waals surface area contributed by atoms with Crippen molar-refractivity contribution in [3.8, 4) is 11.4 Å². The first kappa shape index (κ1) is 18.4. The molecule has 0 spiro atoms. The smallest absolute Gasteiger partial charge is 0.252 e. The number of aryl methyl sites for hydroxylation is 1. The molecule has 1 amide bonds. The number of carbonyl (C=O) groups excluding carboxylic acids is 1. The van der Waals surface area contributed by atoms with E-state index in [-0.39, 0.29) is 12.5 Å². The van der Waals surface area contributed by atoms with Crippen LogP contribution in [0.25, 0.3) is 22.6 Å². The van der Waals surface area contributed by atoms with E-state index in [0.29, 0.717) is 34.1 Å². The fourth-order valence-electron chi connectivity index (χ4n) is 2.80. The lowest BCUT2D eigenvalue weighted by Crippen LogP contribution is -2.24. The molecule has 2 aromatic heterocycles. The van der Waals surface area contributed by atoms with Crippen molar-refractivity contribution in [3.63, 3.8) is 0 Å². The Kier molecular flexibility index (Phi) is 5.85. The Balaban J connectivity index is 1.81. The molecule has 26 heavy (non-hydrogen) atoms. The highest BCUT2D eigenvalue weighted by atomic mass is 35.5. The molecular weight excluding hydrogens is 352 g/mol. The number of unbranched alkanes of at least 4 members (excludes halogenated alkanes) is 2. The number of hydrogen-bond acceptors (Lipinski definition) is 4. The van der Waals surface area contributed by atoms with E-state index in [9.17, 15) is 4.79 Å². The first-order valence-electron chi connectivity index (χ1n) is 8.58. The van der Waals surface area contributed by atoms with E-state index >= 15 is 0 Å². The molecule has 1 aromatic carbocycles. The van der Waals surface area contributed by atoms with Gasteiger partial charge in [0.05, 0.1) is 10.6 Å². The van der Waals surface area contributed by atoms with Gasteiger partial charge in [-0.1, -0.05) is 23.7 Å². The van der Waals surface area contributed by atoms with Crippen molar-refractivity contribution in [1.29, 1.82) is 0 Å². The van der Waals surface area contributed by atoms with E-state index in [0.717, 1.165) is 24.8 Å². The third-order valence-corrected chi connectivity index (χ3v) is 4.54. The van der Waals surface area contributed by atoms with Crippen LogP contribution in [0, 0.1) is 0 Å². The minimum absolute atomic E-state index is 0.173. The van der Waals surface area contributed by atoms with E-state index in [4.69, 9.17) is 16.7 Å². The fraction of sp³-hybridized carbons (Fsp3) is 0.316. The molecule has 136 valence electrons. The van der Waals surface area contributed by atoms with Crippen molar-refractivity contribution in [3.05, 3.63) is 47.1 Å². The number of benzene rings is 1. The molecule has 0 bridgehead atoms. The number of pyridine rings is 1. The number of rotatable bonds is 7. The number of amides is 1. The number of fused-ring (bicyclic) bond motifs is 1. The highest BCUT2D eigenvalue weighted by molar-refractivity contribution is 6.33. The maximum absolute atomic E-state index is 12.3. The standard InChI is InChI=1S/C19H21ClN4O2/c1-24-17(14-7-3-4-8-15(14)20)23-16-11-13(12-22-18(16)24)19(26)21-9-5-2-6-10-25/h3-4,7-8,11-12,25H,2,5-6,9-10H2,1H3,(H,21,26). The Morgan fingerprint density at radius 1 is 1.27 bits per heavy atom. The summed E-state index contributed by atoms with van der Waals surface area (Å²) in [4.78, 5) is 21.3. The monoisotopic (exact) mass is 372 g/mol. The zero-order chi connectivity index (χ0) is 18.5. The van der Waals surface area contributed by atoms with Gasteiger partial charge < -0.3 is 15.0 Å². The molecule has 0 fully saturated rings. The van der Waals surface area contributed by atoms with Gasteiger partial charge in [0.1, 0.15) is 11.3 Å². The number of aliphatic hydroxyl groups is 1. The average molecular weight is 373 g/mol. The van der Waals surface area contributed by atoms with Gasteiger partial charge in [-0.3, -0.25) is 4.79 Å². The second kappa shape index (κ2) is 8.29. The second-order valence-electron chi connectivity index (χ2n) is 6.08. The zero-order valence-electron chi connectivity index (χ0n) is 14.6. The lowest BCUT2D eigenvalue weighted by atomic mass is 10.2. The summed E-state index contributed by atoms with van der Waals surface area (Å²) in [6.07, 6.45) is 4.03. The normalized spacial score (nSPS) is 11.0. The van der Waals surface area contributed by atoms with Gasteiger partial charge in [0.2, 0.25) is 0 Å². The Hall–Kier alpha value is -2.44. The van der Waals surface area contributed by atoms with Crippen molar-refractivity contribution < 1.29 is 9.90 Å². The lowest BCUT2D eigenvalue weighted by molar-refractivity contribution is 0.0952. The molecule has 3 aromatic rings. The van der Waals surface area contributed by atoms with Crippen LogP contribution < -0.4 is 5.32 Å². The largest absolute Gasteiger partial charge is 0.396 e. The van der Waals surface area contributed by atoms with Crippen LogP contribution >= 0.6 is 11.6 Å². The van der Waals surface area contributed by atoms with Crippen LogP contribution in [0.5, 0.6) is 0 Å². The minimum Gasteiger partial charge on any atom is -0.396 e. The molecule has 0 unspecified atom stereocenters. The number of hydrogen-bond donors (Lipinski definition) is 2. The first-order valence-corrected chi connectivity index (χ1v) is 8.96. The molecule has 7 heteroatoms. The summed E-state index contributed by atoms with van der Waals surface area (Å²) in [6, 6.07) is 9.24. The third-order valence-electron chi connectivity index (χ3n) is 4.21. The number of halogens is 1. The van der Waals surface area contributed by atoms with Gasteiger partial charge in [-0.2, -0.15) is 0 Å². The van der Waals surface area contributed by atoms with Gasteiger partial charge in [0.15, 0.2) is 5.65 Å². The fourth-order valence-corrected chi connectivity index (χ4v) is 3.02. The molecule has 0 atom stereocenters. The van der Waals surface area contributed by atoms with Crippen LogP contribution in [0.1, 0.15) is 29.6 Å². The van der Waals surface area contributed by atoms with Crippen molar-refractivity contribution in [2.24, 2.45) is 7.05 Å². The summed E-state index contributed by atoms with van der Waals surface area (Å²) in [5, 5.41) is 12.3. The van der Waals surface area contributed by atoms with Gasteiger partial charge in [-0.25, -0.2) is 9.97 Å². The summed E-state index contributed by atoms with van der Waals surface area (Å²) < 4.78 is 1.87. The highest BCUT2D eigenvalue weighted by Crippen LogP contribution is 2.28. The van der Waals surface area contributed by atoms with E-state index < -0.39 is 0 Å². The number of carbonyl (C=O) groups is 1. The SMILES string of the molecule is Cn1c(-c2ccccc2Cl)nc2cc(C(=O)NCCCCCO)cnc21. The number of imidazole rings is 1. The summed E-state index contributed by atoms with van der Waals surface area (Å²) in [5.74, 6) is 0.535. The maximum atomic E-state index is 12.3. The van der Waals surface area contributed by atoms with Crippen LogP contribution in [0.3, 0.4) is 0 Å². The molecule has 2 heterocycles.